The van der Waals surface area contributed by atoms with Gasteiger partial charge >= 0.3 is 0 Å². The van der Waals surface area contributed by atoms with Crippen LogP contribution in [0.1, 0.15) is 25.8 Å². The Balaban J connectivity index is 1.53. The Hall–Kier alpha value is -3.73. The van der Waals surface area contributed by atoms with Gasteiger partial charge < -0.3 is 20.4 Å². The molecular weight excluding hydrogens is 398 g/mol. The van der Waals surface area contributed by atoms with Crippen molar-refractivity contribution in [2.24, 2.45) is 0 Å². The summed E-state index contributed by atoms with van der Waals surface area (Å²) >= 11 is 0. The number of nitrogens with one attached hydrogen (secondary N) is 1. The molecule has 0 aliphatic carbocycles. The quantitative estimate of drug-likeness (QED) is 0.369. The van der Waals surface area contributed by atoms with E-state index < -0.39 is 0 Å². The molecule has 4 aromatic rings. The number of nitrogens with two attached hydrogens (primary N) is 1. The van der Waals surface area contributed by atoms with Crippen LogP contribution < -0.4 is 15.8 Å². The maximum atomic E-state index is 12.4. The number of carbonyl (C=O) groups excluding carboxylic acids is 1. The number of anilines is 2. The van der Waals surface area contributed by atoms with Crippen LogP contribution in [0.15, 0.2) is 72.8 Å². The molecule has 3 N–H and O–H groups in total. The molecular formula is C27H29N3O2. The van der Waals surface area contributed by atoms with Crippen molar-refractivity contribution in [3.05, 3.63) is 78.4 Å². The summed E-state index contributed by atoms with van der Waals surface area (Å²) in [6, 6.07) is 23.9. The molecule has 0 aliphatic rings. The van der Waals surface area contributed by atoms with E-state index in [0.717, 1.165) is 57.8 Å². The van der Waals surface area contributed by atoms with Gasteiger partial charge in [0.2, 0.25) is 5.91 Å². The number of hydrogen-bond donors (Lipinski definition) is 2. The second kappa shape index (κ2) is 9.60. The van der Waals surface area contributed by atoms with Crippen LogP contribution in [0.25, 0.3) is 22.2 Å². The summed E-state index contributed by atoms with van der Waals surface area (Å²) in [5, 5.41) is 4.01. The number of benzene rings is 3. The summed E-state index contributed by atoms with van der Waals surface area (Å²) < 4.78 is 7.88. The van der Waals surface area contributed by atoms with Crippen LogP contribution in [0.4, 0.5) is 11.4 Å². The van der Waals surface area contributed by atoms with Crippen LogP contribution in [0.2, 0.25) is 0 Å². The van der Waals surface area contributed by atoms with Gasteiger partial charge in [0, 0.05) is 35.7 Å². The first-order valence-electron chi connectivity index (χ1n) is 11.1. The molecule has 1 amide bonds. The van der Waals surface area contributed by atoms with Crippen LogP contribution >= 0.6 is 0 Å². The number of amides is 1. The van der Waals surface area contributed by atoms with E-state index in [1.165, 1.54) is 0 Å². The Morgan fingerprint density at radius 3 is 2.44 bits per heavy atom. The van der Waals surface area contributed by atoms with Crippen LogP contribution in [-0.2, 0) is 17.8 Å². The summed E-state index contributed by atoms with van der Waals surface area (Å²) in [7, 11) is 0. The molecule has 0 fully saturated rings. The van der Waals surface area contributed by atoms with Gasteiger partial charge in [0.15, 0.2) is 0 Å². The van der Waals surface area contributed by atoms with Crippen molar-refractivity contribution in [2.45, 2.75) is 33.2 Å². The summed E-state index contributed by atoms with van der Waals surface area (Å²) in [5.74, 6) is 0.847. The third kappa shape index (κ3) is 4.47. The Morgan fingerprint density at radius 2 is 1.75 bits per heavy atom. The molecule has 1 heterocycles. The molecule has 0 saturated carbocycles. The number of fused-ring (bicyclic) bond motifs is 1. The van der Waals surface area contributed by atoms with Crippen LogP contribution in [-0.4, -0.2) is 17.1 Å². The van der Waals surface area contributed by atoms with Gasteiger partial charge in [-0.05, 0) is 50.1 Å². The summed E-state index contributed by atoms with van der Waals surface area (Å²) in [5.41, 5.74) is 12.3. The van der Waals surface area contributed by atoms with Gasteiger partial charge in [-0.1, -0.05) is 42.5 Å². The third-order valence-corrected chi connectivity index (χ3v) is 5.63. The fourth-order valence-electron chi connectivity index (χ4n) is 4.09. The summed E-state index contributed by atoms with van der Waals surface area (Å²) in [6.07, 6.45) is 1.17. The number of aryl methyl sites for hydroxylation is 2. The van der Waals surface area contributed by atoms with E-state index >= 15 is 0 Å². The maximum absolute atomic E-state index is 12.4. The summed E-state index contributed by atoms with van der Waals surface area (Å²) in [6.45, 7) is 5.50. The van der Waals surface area contributed by atoms with Crippen LogP contribution in [0, 0.1) is 0 Å². The first-order valence-corrected chi connectivity index (χ1v) is 11.1. The minimum atomic E-state index is 0.00671. The Kier molecular flexibility index (Phi) is 6.45. The molecule has 3 aromatic carbocycles. The standard InChI is InChI=1S/C27H29N3O2/c1-3-30-24-18-22(32-4-2)15-16-23(24)26(28)27(30)20-11-13-21(14-12-20)29-25(31)17-10-19-8-6-5-7-9-19/h5-9,11-16,18H,3-4,10,17,28H2,1-2H3,(H,29,31). The van der Waals surface area contributed by atoms with E-state index in [1.807, 2.05) is 79.7 Å². The van der Waals surface area contributed by atoms with E-state index in [4.69, 9.17) is 10.5 Å². The average Bonchev–Trinajstić information content (AvgIpc) is 3.10. The minimum absolute atomic E-state index is 0.00671. The van der Waals surface area contributed by atoms with Gasteiger partial charge in [-0.2, -0.15) is 0 Å². The number of carbonyl (C=O) groups is 1. The predicted molar refractivity (Wildman–Crippen MR) is 132 cm³/mol. The molecule has 0 bridgehead atoms. The normalized spacial score (nSPS) is 10.9. The molecule has 0 unspecified atom stereocenters. The Labute approximate surface area is 188 Å². The number of rotatable bonds is 8. The van der Waals surface area contributed by atoms with Crippen LogP contribution in [0.5, 0.6) is 5.75 Å². The van der Waals surface area contributed by atoms with Crippen molar-refractivity contribution < 1.29 is 9.53 Å². The SMILES string of the molecule is CCOc1ccc2c(N)c(-c3ccc(NC(=O)CCc4ccccc4)cc3)n(CC)c2c1. The van der Waals surface area contributed by atoms with E-state index in [9.17, 15) is 4.79 Å². The van der Waals surface area contributed by atoms with Crippen molar-refractivity contribution in [2.75, 3.05) is 17.7 Å². The molecule has 0 spiro atoms. The zero-order chi connectivity index (χ0) is 22.5. The van der Waals surface area contributed by atoms with Gasteiger partial charge in [-0.25, -0.2) is 0 Å². The highest BCUT2D eigenvalue weighted by Gasteiger charge is 2.16. The highest BCUT2D eigenvalue weighted by molar-refractivity contribution is 6.01. The smallest absolute Gasteiger partial charge is 0.224 e. The van der Waals surface area contributed by atoms with Crippen molar-refractivity contribution in [1.82, 2.24) is 4.57 Å². The molecule has 0 aliphatic heterocycles. The van der Waals surface area contributed by atoms with Gasteiger partial charge in [-0.3, -0.25) is 4.79 Å². The predicted octanol–water partition coefficient (Wildman–Crippen LogP) is 5.88. The van der Waals surface area contributed by atoms with E-state index in [2.05, 4.69) is 16.8 Å². The highest BCUT2D eigenvalue weighted by atomic mass is 16.5. The lowest BCUT2D eigenvalue weighted by Crippen LogP contribution is -2.12. The second-order valence-corrected chi connectivity index (χ2v) is 7.73. The molecule has 1 aromatic heterocycles. The molecule has 5 heteroatoms. The van der Waals surface area contributed by atoms with Crippen molar-refractivity contribution >= 4 is 28.2 Å². The number of hydrogen-bond acceptors (Lipinski definition) is 3. The van der Waals surface area contributed by atoms with E-state index in [-0.39, 0.29) is 5.91 Å². The number of aromatic nitrogens is 1. The first-order chi connectivity index (χ1) is 15.6. The Morgan fingerprint density at radius 1 is 1.00 bits per heavy atom. The van der Waals surface area contributed by atoms with Crippen molar-refractivity contribution in [1.29, 1.82) is 0 Å². The lowest BCUT2D eigenvalue weighted by atomic mass is 10.1. The van der Waals surface area contributed by atoms with Crippen molar-refractivity contribution in [3.8, 4) is 17.0 Å². The average molecular weight is 428 g/mol. The number of ether oxygens (including phenoxy) is 1. The molecule has 5 nitrogen and oxygen atoms in total. The molecule has 0 radical (unpaired) electrons. The molecule has 0 atom stereocenters. The maximum Gasteiger partial charge on any atom is 0.224 e. The largest absolute Gasteiger partial charge is 0.494 e. The lowest BCUT2D eigenvalue weighted by Gasteiger charge is -2.11. The topological polar surface area (TPSA) is 69.3 Å². The van der Waals surface area contributed by atoms with E-state index in [0.29, 0.717) is 13.0 Å². The van der Waals surface area contributed by atoms with Crippen molar-refractivity contribution in [3.63, 3.8) is 0 Å². The minimum Gasteiger partial charge on any atom is -0.494 e. The lowest BCUT2D eigenvalue weighted by molar-refractivity contribution is -0.116. The molecule has 0 saturated heterocycles. The first kappa shape index (κ1) is 21.5. The molecule has 32 heavy (non-hydrogen) atoms. The highest BCUT2D eigenvalue weighted by Crippen LogP contribution is 2.38. The second-order valence-electron chi connectivity index (χ2n) is 7.73. The number of nitrogen functional groups attached to an aromatic ring is 1. The molecule has 164 valence electrons. The Bertz CT molecular complexity index is 1210. The fourth-order valence-corrected chi connectivity index (χ4v) is 4.09. The third-order valence-electron chi connectivity index (χ3n) is 5.63. The number of nitrogens with zero attached hydrogens (tertiary/aromatic N) is 1. The van der Waals surface area contributed by atoms with E-state index in [1.54, 1.807) is 0 Å². The van der Waals surface area contributed by atoms with Gasteiger partial charge in [-0.15, -0.1) is 0 Å². The zero-order valence-electron chi connectivity index (χ0n) is 18.6. The molecule has 4 rings (SSSR count). The summed E-state index contributed by atoms with van der Waals surface area (Å²) in [4.78, 5) is 12.4. The fraction of sp³-hybridized carbons (Fsp3) is 0.222. The monoisotopic (exact) mass is 427 g/mol. The van der Waals surface area contributed by atoms with Crippen LogP contribution in [0.3, 0.4) is 0 Å². The van der Waals surface area contributed by atoms with Gasteiger partial charge in [0.1, 0.15) is 5.75 Å². The van der Waals surface area contributed by atoms with Gasteiger partial charge in [0.05, 0.1) is 23.5 Å². The van der Waals surface area contributed by atoms with Gasteiger partial charge in [0.25, 0.3) is 0 Å². The zero-order valence-corrected chi connectivity index (χ0v) is 18.6.